The van der Waals surface area contributed by atoms with Crippen molar-refractivity contribution in [2.75, 3.05) is 26.8 Å². The SMILES string of the molecule is CCCC(C)(N)C(=O)N1CCOC(c2cccc(OC)c2)C1.Cl. The molecular formula is C17H27ClN2O3. The summed E-state index contributed by atoms with van der Waals surface area (Å²) in [4.78, 5) is 14.5. The number of hydrogen-bond donors (Lipinski definition) is 1. The molecule has 1 aliphatic heterocycles. The van der Waals surface area contributed by atoms with E-state index in [4.69, 9.17) is 15.2 Å². The number of amides is 1. The first-order valence-corrected chi connectivity index (χ1v) is 7.81. The van der Waals surface area contributed by atoms with E-state index in [0.29, 0.717) is 26.1 Å². The lowest BCUT2D eigenvalue weighted by molar-refractivity contribution is -0.144. The van der Waals surface area contributed by atoms with Gasteiger partial charge in [0.25, 0.3) is 0 Å². The van der Waals surface area contributed by atoms with Gasteiger partial charge in [-0.2, -0.15) is 0 Å². The van der Waals surface area contributed by atoms with E-state index in [9.17, 15) is 4.79 Å². The van der Waals surface area contributed by atoms with Crippen molar-refractivity contribution in [3.63, 3.8) is 0 Å². The average molecular weight is 343 g/mol. The van der Waals surface area contributed by atoms with Crippen LogP contribution >= 0.6 is 12.4 Å². The largest absolute Gasteiger partial charge is 0.497 e. The Hall–Kier alpha value is -1.30. The summed E-state index contributed by atoms with van der Waals surface area (Å²) in [5, 5.41) is 0. The van der Waals surface area contributed by atoms with Crippen LogP contribution in [0.25, 0.3) is 0 Å². The van der Waals surface area contributed by atoms with E-state index in [1.165, 1.54) is 0 Å². The average Bonchev–Trinajstić information content (AvgIpc) is 2.54. The van der Waals surface area contributed by atoms with Crippen molar-refractivity contribution in [3.8, 4) is 5.75 Å². The van der Waals surface area contributed by atoms with E-state index in [1.54, 1.807) is 7.11 Å². The fraction of sp³-hybridized carbons (Fsp3) is 0.588. The number of methoxy groups -OCH3 is 1. The van der Waals surface area contributed by atoms with Gasteiger partial charge in [0.15, 0.2) is 0 Å². The molecule has 0 aliphatic carbocycles. The van der Waals surface area contributed by atoms with Crippen LogP contribution in [0, 0.1) is 0 Å². The molecule has 0 bridgehead atoms. The van der Waals surface area contributed by atoms with Crippen molar-refractivity contribution in [3.05, 3.63) is 29.8 Å². The predicted molar refractivity (Wildman–Crippen MR) is 93.0 cm³/mol. The van der Waals surface area contributed by atoms with Crippen molar-refractivity contribution in [2.24, 2.45) is 5.73 Å². The molecule has 130 valence electrons. The summed E-state index contributed by atoms with van der Waals surface area (Å²) < 4.78 is 11.1. The molecule has 0 spiro atoms. The maximum absolute atomic E-state index is 12.6. The quantitative estimate of drug-likeness (QED) is 0.893. The highest BCUT2D eigenvalue weighted by molar-refractivity contribution is 5.86. The molecular weight excluding hydrogens is 316 g/mol. The molecule has 1 saturated heterocycles. The zero-order valence-corrected chi connectivity index (χ0v) is 14.9. The van der Waals surface area contributed by atoms with E-state index in [-0.39, 0.29) is 24.4 Å². The Kier molecular flexibility index (Phi) is 7.32. The van der Waals surface area contributed by atoms with E-state index < -0.39 is 5.54 Å². The minimum Gasteiger partial charge on any atom is -0.497 e. The Morgan fingerprint density at radius 1 is 1.52 bits per heavy atom. The van der Waals surface area contributed by atoms with Gasteiger partial charge in [-0.15, -0.1) is 12.4 Å². The number of morpholine rings is 1. The zero-order chi connectivity index (χ0) is 16.2. The molecule has 1 amide bonds. The second kappa shape index (κ2) is 8.52. The van der Waals surface area contributed by atoms with Crippen LogP contribution in [0.3, 0.4) is 0 Å². The third-order valence-corrected chi connectivity index (χ3v) is 4.08. The van der Waals surface area contributed by atoms with Crippen molar-refractivity contribution >= 4 is 18.3 Å². The Morgan fingerprint density at radius 3 is 2.91 bits per heavy atom. The van der Waals surface area contributed by atoms with Gasteiger partial charge in [0, 0.05) is 6.54 Å². The smallest absolute Gasteiger partial charge is 0.242 e. The number of carbonyl (C=O) groups excluding carboxylic acids is 1. The van der Waals surface area contributed by atoms with Crippen molar-refractivity contribution in [2.45, 2.75) is 38.3 Å². The van der Waals surface area contributed by atoms with Gasteiger partial charge in [-0.1, -0.05) is 25.5 Å². The van der Waals surface area contributed by atoms with Crippen LogP contribution in [-0.4, -0.2) is 43.2 Å². The lowest BCUT2D eigenvalue weighted by Gasteiger charge is -2.37. The van der Waals surface area contributed by atoms with Crippen molar-refractivity contribution < 1.29 is 14.3 Å². The molecule has 1 aromatic carbocycles. The number of hydrogen-bond acceptors (Lipinski definition) is 4. The van der Waals surface area contributed by atoms with Crippen LogP contribution in [-0.2, 0) is 9.53 Å². The predicted octanol–water partition coefficient (Wildman–Crippen LogP) is 2.53. The first kappa shape index (κ1) is 19.7. The van der Waals surface area contributed by atoms with Crippen LogP contribution in [0.5, 0.6) is 5.75 Å². The van der Waals surface area contributed by atoms with Crippen LogP contribution in [0.2, 0.25) is 0 Å². The molecule has 5 nitrogen and oxygen atoms in total. The van der Waals surface area contributed by atoms with Gasteiger partial charge in [0.05, 0.1) is 25.8 Å². The van der Waals surface area contributed by atoms with Crippen LogP contribution < -0.4 is 10.5 Å². The number of nitrogens with two attached hydrogens (primary N) is 1. The molecule has 2 N–H and O–H groups in total. The molecule has 1 aliphatic rings. The van der Waals surface area contributed by atoms with Gasteiger partial charge < -0.3 is 20.1 Å². The Balaban J connectivity index is 0.00000264. The van der Waals surface area contributed by atoms with Gasteiger partial charge in [-0.05, 0) is 31.0 Å². The molecule has 0 saturated carbocycles. The van der Waals surface area contributed by atoms with Crippen LogP contribution in [0.1, 0.15) is 38.4 Å². The maximum atomic E-state index is 12.6. The number of benzene rings is 1. The highest BCUT2D eigenvalue weighted by Crippen LogP contribution is 2.26. The fourth-order valence-electron chi connectivity index (χ4n) is 2.86. The molecule has 23 heavy (non-hydrogen) atoms. The summed E-state index contributed by atoms with van der Waals surface area (Å²) in [5.41, 5.74) is 6.40. The summed E-state index contributed by atoms with van der Waals surface area (Å²) in [6, 6.07) is 7.77. The molecule has 1 fully saturated rings. The van der Waals surface area contributed by atoms with Crippen LogP contribution in [0.15, 0.2) is 24.3 Å². The van der Waals surface area contributed by atoms with Crippen LogP contribution in [0.4, 0.5) is 0 Å². The van der Waals surface area contributed by atoms with Gasteiger partial charge in [0.2, 0.25) is 5.91 Å². The molecule has 0 aromatic heterocycles. The van der Waals surface area contributed by atoms with E-state index >= 15 is 0 Å². The number of nitrogens with zero attached hydrogens (tertiary/aromatic N) is 1. The molecule has 2 rings (SSSR count). The summed E-state index contributed by atoms with van der Waals surface area (Å²) in [5.74, 6) is 0.796. The lowest BCUT2D eigenvalue weighted by atomic mass is 9.95. The Labute approximate surface area is 144 Å². The molecule has 6 heteroatoms. The minimum atomic E-state index is -0.801. The number of halogens is 1. The molecule has 1 heterocycles. The van der Waals surface area contributed by atoms with Crippen molar-refractivity contribution in [1.82, 2.24) is 4.90 Å². The first-order chi connectivity index (χ1) is 10.5. The Morgan fingerprint density at radius 2 is 2.26 bits per heavy atom. The molecule has 0 radical (unpaired) electrons. The normalized spacial score (nSPS) is 20.3. The van der Waals surface area contributed by atoms with Crippen molar-refractivity contribution in [1.29, 1.82) is 0 Å². The number of carbonyl (C=O) groups is 1. The van der Waals surface area contributed by atoms with Gasteiger partial charge in [-0.3, -0.25) is 4.79 Å². The molecule has 2 unspecified atom stereocenters. The van der Waals surface area contributed by atoms with Gasteiger partial charge in [-0.25, -0.2) is 0 Å². The van der Waals surface area contributed by atoms with E-state index in [2.05, 4.69) is 0 Å². The fourth-order valence-corrected chi connectivity index (χ4v) is 2.86. The standard InChI is InChI=1S/C17H26N2O3.ClH/c1-4-8-17(2,18)16(20)19-9-10-22-15(12-19)13-6-5-7-14(11-13)21-3;/h5-7,11,15H,4,8-10,12,18H2,1-3H3;1H. The summed E-state index contributed by atoms with van der Waals surface area (Å²) >= 11 is 0. The third-order valence-electron chi connectivity index (χ3n) is 4.08. The second-order valence-corrected chi connectivity index (χ2v) is 6.05. The summed E-state index contributed by atoms with van der Waals surface area (Å²) in [6.45, 7) is 5.50. The molecule has 2 atom stereocenters. The third kappa shape index (κ3) is 4.83. The summed E-state index contributed by atoms with van der Waals surface area (Å²) in [7, 11) is 1.64. The highest BCUT2D eigenvalue weighted by atomic mass is 35.5. The molecule has 1 aromatic rings. The monoisotopic (exact) mass is 342 g/mol. The minimum absolute atomic E-state index is 0. The van der Waals surface area contributed by atoms with Gasteiger partial charge in [0.1, 0.15) is 11.9 Å². The number of rotatable bonds is 5. The van der Waals surface area contributed by atoms with E-state index in [1.807, 2.05) is 43.0 Å². The second-order valence-electron chi connectivity index (χ2n) is 6.05. The van der Waals surface area contributed by atoms with Gasteiger partial charge >= 0.3 is 0 Å². The zero-order valence-electron chi connectivity index (χ0n) is 14.1. The summed E-state index contributed by atoms with van der Waals surface area (Å²) in [6.07, 6.45) is 1.44. The lowest BCUT2D eigenvalue weighted by Crippen LogP contribution is -2.56. The first-order valence-electron chi connectivity index (χ1n) is 7.81. The Bertz CT molecular complexity index is 522. The highest BCUT2D eigenvalue weighted by Gasteiger charge is 2.35. The van der Waals surface area contributed by atoms with E-state index in [0.717, 1.165) is 17.7 Å². The number of ether oxygens (including phenoxy) is 2. The maximum Gasteiger partial charge on any atom is 0.242 e. The topological polar surface area (TPSA) is 64.8 Å².